The second kappa shape index (κ2) is 11.7. The Kier molecular flexibility index (Phi) is 9.53. The number of rotatable bonds is 9. The van der Waals surface area contributed by atoms with Gasteiger partial charge in [0.05, 0.1) is 0 Å². The molecule has 1 fully saturated rings. The van der Waals surface area contributed by atoms with Crippen LogP contribution in [0.2, 0.25) is 0 Å². The topological polar surface area (TPSA) is 52.5 Å². The number of piperidine rings is 1. The first-order chi connectivity index (χ1) is 11.8. The van der Waals surface area contributed by atoms with Gasteiger partial charge in [0.2, 0.25) is 0 Å². The van der Waals surface area contributed by atoms with Gasteiger partial charge in [0.25, 0.3) is 0 Å². The first-order valence-corrected chi connectivity index (χ1v) is 11.0. The van der Waals surface area contributed by atoms with E-state index in [-0.39, 0.29) is 0 Å². The van der Waals surface area contributed by atoms with Crippen molar-refractivity contribution in [3.05, 3.63) is 11.6 Å². The van der Waals surface area contributed by atoms with Crippen molar-refractivity contribution in [2.24, 2.45) is 4.99 Å². The summed E-state index contributed by atoms with van der Waals surface area (Å²) in [5, 5.41) is 9.03. The van der Waals surface area contributed by atoms with E-state index in [2.05, 4.69) is 34.4 Å². The summed E-state index contributed by atoms with van der Waals surface area (Å²) in [5.74, 6) is 2.05. The predicted octanol–water partition coefficient (Wildman–Crippen LogP) is 3.05. The lowest BCUT2D eigenvalue weighted by molar-refractivity contribution is 0.206. The van der Waals surface area contributed by atoms with E-state index >= 15 is 0 Å². The lowest BCUT2D eigenvalue weighted by Gasteiger charge is -2.32. The molecule has 24 heavy (non-hydrogen) atoms. The molecular formula is C17H31N5S2. The average molecular weight is 370 g/mol. The third-order valence-corrected chi connectivity index (χ3v) is 6.07. The molecular weight excluding hydrogens is 338 g/mol. The Morgan fingerprint density at radius 3 is 2.92 bits per heavy atom. The standard InChI is InChI=1S/C17H31N5S2/c1-3-10-22-11-6-15(7-12-22)21-16(18-4-2)19-8-5-13-23-17-20-9-14-24-17/h9,14-15H,3-8,10-13H2,1-2H3,(H2,18,19,21). The molecule has 1 saturated heterocycles. The lowest BCUT2D eigenvalue weighted by atomic mass is 10.1. The van der Waals surface area contributed by atoms with Crippen LogP contribution in [0.1, 0.15) is 39.5 Å². The van der Waals surface area contributed by atoms with E-state index in [1.165, 1.54) is 38.9 Å². The van der Waals surface area contributed by atoms with Crippen LogP contribution in [-0.2, 0) is 0 Å². The van der Waals surface area contributed by atoms with Gasteiger partial charge in [0.15, 0.2) is 5.96 Å². The Labute approximate surface area is 154 Å². The van der Waals surface area contributed by atoms with Gasteiger partial charge in [-0.1, -0.05) is 18.7 Å². The summed E-state index contributed by atoms with van der Waals surface area (Å²) in [6.45, 7) is 9.80. The van der Waals surface area contributed by atoms with Crippen LogP contribution in [-0.4, -0.2) is 60.4 Å². The van der Waals surface area contributed by atoms with Gasteiger partial charge in [0.1, 0.15) is 4.34 Å². The second-order valence-electron chi connectivity index (χ2n) is 6.02. The Morgan fingerprint density at radius 2 is 2.25 bits per heavy atom. The summed E-state index contributed by atoms with van der Waals surface area (Å²) in [7, 11) is 0. The number of likely N-dealkylation sites (tertiary alicyclic amines) is 1. The molecule has 7 heteroatoms. The number of thiazole rings is 1. The monoisotopic (exact) mass is 369 g/mol. The minimum Gasteiger partial charge on any atom is -0.357 e. The van der Waals surface area contributed by atoms with Gasteiger partial charge in [-0.25, -0.2) is 4.98 Å². The van der Waals surface area contributed by atoms with Crippen LogP contribution in [0.5, 0.6) is 0 Å². The van der Waals surface area contributed by atoms with Crippen molar-refractivity contribution < 1.29 is 0 Å². The first-order valence-electron chi connectivity index (χ1n) is 9.11. The van der Waals surface area contributed by atoms with E-state index in [1.54, 1.807) is 11.3 Å². The lowest BCUT2D eigenvalue weighted by Crippen LogP contribution is -2.48. The molecule has 0 saturated carbocycles. The van der Waals surface area contributed by atoms with Crippen LogP contribution in [0.15, 0.2) is 20.9 Å². The molecule has 2 heterocycles. The van der Waals surface area contributed by atoms with Crippen LogP contribution < -0.4 is 10.6 Å². The van der Waals surface area contributed by atoms with E-state index in [9.17, 15) is 0 Å². The molecule has 136 valence electrons. The van der Waals surface area contributed by atoms with Crippen molar-refractivity contribution in [2.75, 3.05) is 38.5 Å². The fourth-order valence-electron chi connectivity index (χ4n) is 2.83. The molecule has 1 aliphatic heterocycles. The van der Waals surface area contributed by atoms with E-state index in [0.717, 1.165) is 35.6 Å². The van der Waals surface area contributed by atoms with Gasteiger partial charge >= 0.3 is 0 Å². The zero-order chi connectivity index (χ0) is 17.0. The van der Waals surface area contributed by atoms with Gasteiger partial charge in [-0.05, 0) is 39.2 Å². The molecule has 0 atom stereocenters. The normalized spacial score (nSPS) is 17.2. The third-order valence-electron chi connectivity index (χ3n) is 4.02. The van der Waals surface area contributed by atoms with Gasteiger partial charge in [-0.2, -0.15) is 0 Å². The number of hydrogen-bond acceptors (Lipinski definition) is 5. The molecule has 0 radical (unpaired) electrons. The molecule has 0 bridgehead atoms. The van der Waals surface area contributed by atoms with Crippen LogP contribution >= 0.6 is 23.1 Å². The van der Waals surface area contributed by atoms with Gasteiger partial charge in [-0.15, -0.1) is 11.3 Å². The number of guanidine groups is 1. The number of aromatic nitrogens is 1. The minimum absolute atomic E-state index is 0.556. The summed E-state index contributed by atoms with van der Waals surface area (Å²) in [5.41, 5.74) is 0. The molecule has 0 amide bonds. The zero-order valence-corrected chi connectivity index (χ0v) is 16.6. The molecule has 1 aromatic rings. The summed E-state index contributed by atoms with van der Waals surface area (Å²) in [6.07, 6.45) is 6.62. The molecule has 5 nitrogen and oxygen atoms in total. The number of thioether (sulfide) groups is 1. The van der Waals surface area contributed by atoms with Gasteiger partial charge < -0.3 is 15.5 Å². The van der Waals surface area contributed by atoms with Crippen LogP contribution in [0.4, 0.5) is 0 Å². The van der Waals surface area contributed by atoms with Crippen molar-refractivity contribution in [3.63, 3.8) is 0 Å². The zero-order valence-electron chi connectivity index (χ0n) is 15.0. The highest BCUT2D eigenvalue weighted by Gasteiger charge is 2.19. The first kappa shape index (κ1) is 19.5. The molecule has 0 unspecified atom stereocenters. The third kappa shape index (κ3) is 7.40. The van der Waals surface area contributed by atoms with E-state index in [4.69, 9.17) is 4.99 Å². The second-order valence-corrected chi connectivity index (χ2v) is 8.26. The Morgan fingerprint density at radius 1 is 1.42 bits per heavy atom. The fraction of sp³-hybridized carbons (Fsp3) is 0.765. The number of nitrogens with zero attached hydrogens (tertiary/aromatic N) is 3. The van der Waals surface area contributed by atoms with Crippen molar-refractivity contribution in [3.8, 4) is 0 Å². The molecule has 0 aromatic carbocycles. The average Bonchev–Trinajstić information content (AvgIpc) is 3.10. The largest absolute Gasteiger partial charge is 0.357 e. The van der Waals surface area contributed by atoms with Crippen LogP contribution in [0.3, 0.4) is 0 Å². The molecule has 0 aliphatic carbocycles. The predicted molar refractivity (Wildman–Crippen MR) is 106 cm³/mol. The number of aliphatic imine (C=N–C) groups is 1. The summed E-state index contributed by atoms with van der Waals surface area (Å²) < 4.78 is 1.16. The minimum atomic E-state index is 0.556. The molecule has 2 N–H and O–H groups in total. The maximum Gasteiger partial charge on any atom is 0.191 e. The number of nitrogens with one attached hydrogen (secondary N) is 2. The van der Waals surface area contributed by atoms with Crippen LogP contribution in [0, 0.1) is 0 Å². The molecule has 1 aliphatic rings. The fourth-order valence-corrected chi connectivity index (χ4v) is 4.46. The molecule has 1 aromatic heterocycles. The SMILES string of the molecule is CCCN1CCC(NC(=NCCCSc2nccs2)NCC)CC1. The highest BCUT2D eigenvalue weighted by atomic mass is 32.2. The maximum atomic E-state index is 4.73. The highest BCUT2D eigenvalue weighted by molar-refractivity contribution is 8.00. The van der Waals surface area contributed by atoms with Crippen molar-refractivity contribution in [2.45, 2.75) is 49.9 Å². The van der Waals surface area contributed by atoms with E-state index in [1.807, 2.05) is 23.3 Å². The smallest absolute Gasteiger partial charge is 0.191 e. The highest BCUT2D eigenvalue weighted by Crippen LogP contribution is 2.20. The summed E-state index contributed by atoms with van der Waals surface area (Å²) in [4.78, 5) is 11.6. The quantitative estimate of drug-likeness (QED) is 0.303. The Hall–Kier alpha value is -0.790. The van der Waals surface area contributed by atoms with Crippen molar-refractivity contribution in [1.82, 2.24) is 20.5 Å². The Balaban J connectivity index is 1.66. The van der Waals surface area contributed by atoms with Gasteiger partial charge in [-0.3, -0.25) is 4.99 Å². The van der Waals surface area contributed by atoms with Gasteiger partial charge in [0, 0.05) is 49.6 Å². The Bertz CT molecular complexity index is 456. The maximum absolute atomic E-state index is 4.73. The summed E-state index contributed by atoms with van der Waals surface area (Å²) >= 11 is 3.53. The summed E-state index contributed by atoms with van der Waals surface area (Å²) in [6, 6.07) is 0.556. The van der Waals surface area contributed by atoms with Crippen molar-refractivity contribution in [1.29, 1.82) is 0 Å². The molecule has 0 spiro atoms. The van der Waals surface area contributed by atoms with Crippen LogP contribution in [0.25, 0.3) is 0 Å². The van der Waals surface area contributed by atoms with Crippen molar-refractivity contribution >= 4 is 29.1 Å². The van der Waals surface area contributed by atoms with E-state index in [0.29, 0.717) is 6.04 Å². The van der Waals surface area contributed by atoms with E-state index < -0.39 is 0 Å². The molecule has 2 rings (SSSR count). The number of hydrogen-bond donors (Lipinski definition) is 2.